The number of rotatable bonds is 5. The molecular formula is C10H15NO4S. The molecule has 1 aromatic carbocycles. The van der Waals surface area contributed by atoms with Gasteiger partial charge in [0.15, 0.2) is 5.75 Å². The zero-order valence-corrected chi connectivity index (χ0v) is 9.99. The average Bonchev–Trinajstić information content (AvgIpc) is 2.18. The van der Waals surface area contributed by atoms with Crippen molar-refractivity contribution < 1.29 is 17.7 Å². The van der Waals surface area contributed by atoms with Gasteiger partial charge < -0.3 is 14.7 Å². The molecule has 0 heterocycles. The van der Waals surface area contributed by atoms with Gasteiger partial charge in [0.25, 0.3) is 0 Å². The van der Waals surface area contributed by atoms with Gasteiger partial charge in [-0.1, -0.05) is 13.8 Å². The quantitative estimate of drug-likeness (QED) is 0.610. The van der Waals surface area contributed by atoms with Gasteiger partial charge in [-0.2, -0.15) is 4.21 Å². The summed E-state index contributed by atoms with van der Waals surface area (Å²) < 4.78 is 29.0. The third-order valence-corrected chi connectivity index (χ3v) is 2.05. The monoisotopic (exact) mass is 245 g/mol. The van der Waals surface area contributed by atoms with Gasteiger partial charge in [-0.25, -0.2) is 0 Å². The molecule has 0 aromatic heterocycles. The Hall–Kier alpha value is -1.27. The molecule has 0 radical (unpaired) electrons. The molecule has 0 saturated carbocycles. The minimum atomic E-state index is -2.37. The molecule has 90 valence electrons. The van der Waals surface area contributed by atoms with Crippen LogP contribution < -0.4 is 14.7 Å². The molecule has 5 nitrogen and oxygen atoms in total. The SMILES string of the molecule is CC(C)COc1ccc(OS(=O)O)c(N)c1. The van der Waals surface area contributed by atoms with Crippen LogP contribution in [-0.2, 0) is 11.4 Å². The van der Waals surface area contributed by atoms with Crippen LogP contribution in [-0.4, -0.2) is 15.4 Å². The predicted octanol–water partition coefficient (Wildman–Crippen LogP) is 1.82. The lowest BCUT2D eigenvalue weighted by Gasteiger charge is -2.10. The lowest BCUT2D eigenvalue weighted by molar-refractivity contribution is 0.271. The van der Waals surface area contributed by atoms with Gasteiger partial charge in [0.1, 0.15) is 5.75 Å². The maximum Gasteiger partial charge on any atom is 0.357 e. The summed E-state index contributed by atoms with van der Waals surface area (Å²) in [5.41, 5.74) is 5.89. The Bertz CT molecular complexity index is 381. The van der Waals surface area contributed by atoms with E-state index in [2.05, 4.69) is 4.18 Å². The van der Waals surface area contributed by atoms with Gasteiger partial charge in [0.2, 0.25) is 0 Å². The third kappa shape index (κ3) is 4.08. The zero-order valence-electron chi connectivity index (χ0n) is 9.17. The van der Waals surface area contributed by atoms with E-state index in [0.717, 1.165) is 0 Å². The summed E-state index contributed by atoms with van der Waals surface area (Å²) in [5, 5.41) is 0. The number of nitrogen functional groups attached to an aromatic ring is 1. The fraction of sp³-hybridized carbons (Fsp3) is 0.400. The minimum Gasteiger partial charge on any atom is -0.493 e. The second-order valence-electron chi connectivity index (χ2n) is 3.70. The van der Waals surface area contributed by atoms with Crippen molar-refractivity contribution in [3.8, 4) is 11.5 Å². The van der Waals surface area contributed by atoms with Crippen LogP contribution in [0.3, 0.4) is 0 Å². The van der Waals surface area contributed by atoms with Gasteiger partial charge in [-0.15, -0.1) is 0 Å². The first-order valence-electron chi connectivity index (χ1n) is 4.80. The normalized spacial score (nSPS) is 12.5. The van der Waals surface area contributed by atoms with Crippen LogP contribution in [0, 0.1) is 5.92 Å². The van der Waals surface area contributed by atoms with E-state index in [-0.39, 0.29) is 11.4 Å². The second-order valence-corrected chi connectivity index (χ2v) is 4.31. The molecule has 3 N–H and O–H groups in total. The van der Waals surface area contributed by atoms with E-state index in [1.54, 1.807) is 12.1 Å². The summed E-state index contributed by atoms with van der Waals surface area (Å²) in [4.78, 5) is 0. The van der Waals surface area contributed by atoms with Crippen molar-refractivity contribution in [3.63, 3.8) is 0 Å². The van der Waals surface area contributed by atoms with E-state index in [1.165, 1.54) is 6.07 Å². The molecule has 0 bridgehead atoms. The predicted molar refractivity (Wildman–Crippen MR) is 62.6 cm³/mol. The summed E-state index contributed by atoms with van der Waals surface area (Å²) in [6.07, 6.45) is 0. The lowest BCUT2D eigenvalue weighted by atomic mass is 10.2. The third-order valence-electron chi connectivity index (χ3n) is 1.73. The molecule has 1 rings (SSSR count). The fourth-order valence-corrected chi connectivity index (χ4v) is 1.34. The van der Waals surface area contributed by atoms with Crippen molar-refractivity contribution in [1.29, 1.82) is 0 Å². The van der Waals surface area contributed by atoms with Gasteiger partial charge in [0, 0.05) is 6.07 Å². The van der Waals surface area contributed by atoms with E-state index < -0.39 is 11.4 Å². The highest BCUT2D eigenvalue weighted by Gasteiger charge is 2.06. The van der Waals surface area contributed by atoms with E-state index in [9.17, 15) is 4.21 Å². The zero-order chi connectivity index (χ0) is 12.1. The highest BCUT2D eigenvalue weighted by molar-refractivity contribution is 7.74. The van der Waals surface area contributed by atoms with Crippen LogP contribution in [0.25, 0.3) is 0 Å². The van der Waals surface area contributed by atoms with Gasteiger partial charge >= 0.3 is 11.4 Å². The topological polar surface area (TPSA) is 81.8 Å². The first-order chi connectivity index (χ1) is 7.49. The Balaban J connectivity index is 2.70. The standard InChI is InChI=1S/C10H15NO4S/c1-7(2)6-14-8-3-4-10(9(11)5-8)15-16(12)13/h3-5,7H,6,11H2,1-2H3,(H,12,13). The largest absolute Gasteiger partial charge is 0.493 e. The van der Waals surface area contributed by atoms with Crippen molar-refractivity contribution in [3.05, 3.63) is 18.2 Å². The molecule has 0 aliphatic rings. The van der Waals surface area contributed by atoms with Gasteiger partial charge in [0.05, 0.1) is 12.3 Å². The van der Waals surface area contributed by atoms with Crippen LogP contribution in [0.1, 0.15) is 13.8 Å². The van der Waals surface area contributed by atoms with Crippen LogP contribution in [0.2, 0.25) is 0 Å². The molecule has 0 fully saturated rings. The first kappa shape index (κ1) is 12.8. The second kappa shape index (κ2) is 5.72. The van der Waals surface area contributed by atoms with Crippen molar-refractivity contribution in [2.75, 3.05) is 12.3 Å². The van der Waals surface area contributed by atoms with Crippen LogP contribution in [0.15, 0.2) is 18.2 Å². The summed E-state index contributed by atoms with van der Waals surface area (Å²) in [6.45, 7) is 4.66. The van der Waals surface area contributed by atoms with Crippen LogP contribution in [0.4, 0.5) is 5.69 Å². The summed E-state index contributed by atoms with van der Waals surface area (Å²) in [7, 11) is 0. The Kier molecular flexibility index (Phi) is 4.57. The Morgan fingerprint density at radius 2 is 2.19 bits per heavy atom. The molecule has 0 saturated heterocycles. The molecule has 6 heteroatoms. The van der Waals surface area contributed by atoms with E-state index in [4.69, 9.17) is 15.0 Å². The average molecular weight is 245 g/mol. The molecule has 1 atom stereocenters. The van der Waals surface area contributed by atoms with Crippen molar-refractivity contribution in [2.45, 2.75) is 13.8 Å². The molecule has 16 heavy (non-hydrogen) atoms. The van der Waals surface area contributed by atoms with Crippen LogP contribution in [0.5, 0.6) is 11.5 Å². The van der Waals surface area contributed by atoms with Crippen molar-refractivity contribution in [1.82, 2.24) is 0 Å². The highest BCUT2D eigenvalue weighted by Crippen LogP contribution is 2.27. The Morgan fingerprint density at radius 1 is 1.50 bits per heavy atom. The molecule has 0 aliphatic carbocycles. The maximum atomic E-state index is 10.4. The minimum absolute atomic E-state index is 0.165. The maximum absolute atomic E-state index is 10.4. The first-order valence-corrected chi connectivity index (χ1v) is 5.83. The highest BCUT2D eigenvalue weighted by atomic mass is 32.2. The number of nitrogens with two attached hydrogens (primary N) is 1. The van der Waals surface area contributed by atoms with E-state index >= 15 is 0 Å². The van der Waals surface area contributed by atoms with Gasteiger partial charge in [-0.05, 0) is 18.1 Å². The lowest BCUT2D eigenvalue weighted by Crippen LogP contribution is -2.05. The summed E-state index contributed by atoms with van der Waals surface area (Å²) >= 11 is -2.37. The van der Waals surface area contributed by atoms with Crippen LogP contribution >= 0.6 is 0 Å². The molecular weight excluding hydrogens is 230 g/mol. The Labute approximate surface area is 97.0 Å². The molecule has 0 aliphatic heterocycles. The molecule has 0 spiro atoms. The summed E-state index contributed by atoms with van der Waals surface area (Å²) in [6, 6.07) is 4.70. The van der Waals surface area contributed by atoms with Crippen molar-refractivity contribution in [2.24, 2.45) is 5.92 Å². The smallest absolute Gasteiger partial charge is 0.357 e. The Morgan fingerprint density at radius 3 is 2.69 bits per heavy atom. The van der Waals surface area contributed by atoms with E-state index in [1.807, 2.05) is 13.8 Å². The number of benzene rings is 1. The fourth-order valence-electron chi connectivity index (χ4n) is 1.03. The van der Waals surface area contributed by atoms with Crippen molar-refractivity contribution >= 4 is 17.0 Å². The molecule has 0 amide bonds. The number of hydrogen-bond donors (Lipinski definition) is 2. The molecule has 1 unspecified atom stereocenters. The number of anilines is 1. The molecule has 1 aromatic rings. The summed E-state index contributed by atoms with van der Waals surface area (Å²) in [5.74, 6) is 1.20. The van der Waals surface area contributed by atoms with E-state index in [0.29, 0.717) is 18.3 Å². The van der Waals surface area contributed by atoms with Gasteiger partial charge in [-0.3, -0.25) is 4.55 Å². The number of ether oxygens (including phenoxy) is 1. The number of hydrogen-bond acceptors (Lipinski definition) is 4.